The second-order valence-corrected chi connectivity index (χ2v) is 6.76. The smallest absolute Gasteiger partial charge is 0.416 e. The number of rotatable bonds is 1. The summed E-state index contributed by atoms with van der Waals surface area (Å²) in [7, 11) is 0. The maximum Gasteiger partial charge on any atom is 0.416 e. The molecule has 0 aromatic heterocycles. The lowest BCUT2D eigenvalue weighted by molar-refractivity contribution is -0.137. The molecule has 2 aliphatic heterocycles. The van der Waals surface area contributed by atoms with Crippen LogP contribution in [0.15, 0.2) is 42.5 Å². The van der Waals surface area contributed by atoms with Crippen LogP contribution >= 0.6 is 0 Å². The van der Waals surface area contributed by atoms with Crippen molar-refractivity contribution in [2.75, 3.05) is 13.3 Å². The minimum Gasteiger partial charge on any atom is -0.454 e. The molecule has 1 N–H and O–H groups in total. The van der Waals surface area contributed by atoms with Gasteiger partial charge in [0.25, 0.3) is 5.91 Å². The van der Waals surface area contributed by atoms with Gasteiger partial charge in [-0.25, -0.2) is 0 Å². The lowest BCUT2D eigenvalue weighted by Crippen LogP contribution is -2.32. The molecule has 1 amide bonds. The molecule has 28 heavy (non-hydrogen) atoms. The lowest BCUT2D eigenvalue weighted by atomic mass is 9.85. The van der Waals surface area contributed by atoms with Gasteiger partial charge in [-0.2, -0.15) is 13.2 Å². The number of carbonyl (C=O) groups is 1. The first-order valence-electron chi connectivity index (χ1n) is 8.77. The molecular weight excluding hydrogens is 371 g/mol. The van der Waals surface area contributed by atoms with Crippen molar-refractivity contribution in [2.45, 2.75) is 12.6 Å². The summed E-state index contributed by atoms with van der Waals surface area (Å²) in [6, 6.07) is 10.4. The number of amides is 1. The fourth-order valence-electron chi connectivity index (χ4n) is 3.90. The number of fused-ring (bicyclic) bond motifs is 4. The molecule has 0 spiro atoms. The molecule has 0 saturated heterocycles. The van der Waals surface area contributed by atoms with E-state index in [9.17, 15) is 18.0 Å². The molecule has 0 bridgehead atoms. The number of hydrogen-bond acceptors (Lipinski definition) is 3. The predicted octanol–water partition coefficient (Wildman–Crippen LogP) is 4.54. The lowest BCUT2D eigenvalue weighted by Gasteiger charge is -2.23. The largest absolute Gasteiger partial charge is 0.454 e. The highest BCUT2D eigenvalue weighted by atomic mass is 19.4. The molecule has 0 atom stereocenters. The Morgan fingerprint density at radius 1 is 1.00 bits per heavy atom. The Morgan fingerprint density at radius 2 is 1.79 bits per heavy atom. The summed E-state index contributed by atoms with van der Waals surface area (Å²) in [4.78, 5) is 12.4. The zero-order chi connectivity index (χ0) is 19.5. The summed E-state index contributed by atoms with van der Waals surface area (Å²) in [5.41, 5.74) is 1.95. The number of ether oxygens (including phenoxy) is 2. The first kappa shape index (κ1) is 16.9. The van der Waals surface area contributed by atoms with Crippen LogP contribution in [0.1, 0.15) is 21.5 Å². The van der Waals surface area contributed by atoms with E-state index < -0.39 is 11.7 Å². The van der Waals surface area contributed by atoms with Gasteiger partial charge in [0, 0.05) is 17.5 Å². The third-order valence-electron chi connectivity index (χ3n) is 5.15. The monoisotopic (exact) mass is 385 g/mol. The predicted molar refractivity (Wildman–Crippen MR) is 96.5 cm³/mol. The van der Waals surface area contributed by atoms with Gasteiger partial charge in [-0.3, -0.25) is 4.79 Å². The van der Waals surface area contributed by atoms with Crippen molar-refractivity contribution in [1.29, 1.82) is 0 Å². The van der Waals surface area contributed by atoms with Crippen molar-refractivity contribution in [1.82, 2.24) is 5.32 Å². The summed E-state index contributed by atoms with van der Waals surface area (Å²) in [5.74, 6) is 0.955. The number of benzene rings is 3. The Balaban J connectivity index is 1.83. The normalized spacial score (nSPS) is 15.5. The Hall–Kier alpha value is -3.22. The van der Waals surface area contributed by atoms with Crippen LogP contribution in [0.3, 0.4) is 0 Å². The van der Waals surface area contributed by atoms with Crippen molar-refractivity contribution in [3.63, 3.8) is 0 Å². The number of halogens is 3. The van der Waals surface area contributed by atoms with Crippen molar-refractivity contribution < 1.29 is 27.4 Å². The van der Waals surface area contributed by atoms with E-state index in [0.717, 1.165) is 34.0 Å². The van der Waals surface area contributed by atoms with Crippen LogP contribution in [0, 0.1) is 0 Å². The topological polar surface area (TPSA) is 47.6 Å². The first-order chi connectivity index (χ1) is 13.4. The molecule has 142 valence electrons. The average molecular weight is 385 g/mol. The van der Waals surface area contributed by atoms with E-state index in [1.165, 1.54) is 12.1 Å². The fourth-order valence-corrected chi connectivity index (χ4v) is 3.90. The van der Waals surface area contributed by atoms with E-state index in [1.54, 1.807) is 12.1 Å². The molecule has 0 fully saturated rings. The number of alkyl halides is 3. The SMILES string of the molecule is O=C1NCCc2c1cc1ccc3c(c1c2-c1ccc(C(F)(F)F)cc1)OCO3. The first-order valence-corrected chi connectivity index (χ1v) is 8.77. The van der Waals surface area contributed by atoms with Crippen LogP contribution in [0.5, 0.6) is 11.5 Å². The zero-order valence-electron chi connectivity index (χ0n) is 14.5. The second kappa shape index (κ2) is 5.89. The standard InChI is InChI=1S/C21H14F3NO3/c22-21(23,24)13-4-1-11(2-5-13)17-14-7-8-25-20(26)15(14)9-12-3-6-16-19(18(12)17)28-10-27-16/h1-6,9H,7-8,10H2,(H,25,26). The molecule has 5 rings (SSSR count). The van der Waals surface area contributed by atoms with Crippen LogP contribution in [0.2, 0.25) is 0 Å². The van der Waals surface area contributed by atoms with Gasteiger partial charge < -0.3 is 14.8 Å². The molecule has 2 aliphatic rings. The van der Waals surface area contributed by atoms with Crippen LogP contribution < -0.4 is 14.8 Å². The molecule has 0 aliphatic carbocycles. The van der Waals surface area contributed by atoms with Gasteiger partial charge in [0.1, 0.15) is 0 Å². The summed E-state index contributed by atoms with van der Waals surface area (Å²) < 4.78 is 50.1. The van der Waals surface area contributed by atoms with Crippen LogP contribution in [-0.2, 0) is 12.6 Å². The third kappa shape index (κ3) is 2.50. The van der Waals surface area contributed by atoms with Crippen LogP contribution in [0.25, 0.3) is 21.9 Å². The Morgan fingerprint density at radius 3 is 2.54 bits per heavy atom. The summed E-state index contributed by atoms with van der Waals surface area (Å²) in [5, 5.41) is 4.35. The van der Waals surface area contributed by atoms with Crippen LogP contribution in [0.4, 0.5) is 13.2 Å². The average Bonchev–Trinajstić information content (AvgIpc) is 3.15. The van der Waals surface area contributed by atoms with E-state index in [4.69, 9.17) is 9.47 Å². The zero-order valence-corrected chi connectivity index (χ0v) is 14.5. The summed E-state index contributed by atoms with van der Waals surface area (Å²) in [6.45, 7) is 0.551. The molecule has 0 radical (unpaired) electrons. The minimum atomic E-state index is -4.41. The number of hydrogen-bond donors (Lipinski definition) is 1. The minimum absolute atomic E-state index is 0.0818. The van der Waals surface area contributed by atoms with Gasteiger partial charge in [0.2, 0.25) is 6.79 Å². The maximum absolute atomic E-state index is 13.0. The molecular formula is C21H14F3NO3. The molecule has 3 aromatic rings. The molecule has 0 unspecified atom stereocenters. The van der Waals surface area contributed by atoms with E-state index in [1.807, 2.05) is 6.07 Å². The van der Waals surface area contributed by atoms with Gasteiger partial charge in [-0.05, 0) is 52.8 Å². The van der Waals surface area contributed by atoms with Gasteiger partial charge in [0.05, 0.1) is 5.56 Å². The Kier molecular flexibility index (Phi) is 3.56. The van der Waals surface area contributed by atoms with Gasteiger partial charge in [-0.15, -0.1) is 0 Å². The molecule has 4 nitrogen and oxygen atoms in total. The van der Waals surface area contributed by atoms with Crippen molar-refractivity contribution in [2.24, 2.45) is 0 Å². The van der Waals surface area contributed by atoms with E-state index in [-0.39, 0.29) is 12.7 Å². The molecule has 0 saturated carbocycles. The highest BCUT2D eigenvalue weighted by molar-refractivity contribution is 6.10. The Labute approximate surface area is 157 Å². The summed E-state index contributed by atoms with van der Waals surface area (Å²) >= 11 is 0. The maximum atomic E-state index is 13.0. The van der Waals surface area contributed by atoms with E-state index in [0.29, 0.717) is 35.6 Å². The van der Waals surface area contributed by atoms with Gasteiger partial charge in [0.15, 0.2) is 11.5 Å². The van der Waals surface area contributed by atoms with Crippen molar-refractivity contribution in [3.05, 3.63) is 59.2 Å². The summed E-state index contributed by atoms with van der Waals surface area (Å²) in [6.07, 6.45) is -3.83. The number of nitrogens with one attached hydrogen (secondary N) is 1. The molecule has 3 aromatic carbocycles. The van der Waals surface area contributed by atoms with E-state index in [2.05, 4.69) is 5.32 Å². The van der Waals surface area contributed by atoms with E-state index >= 15 is 0 Å². The highest BCUT2D eigenvalue weighted by Crippen LogP contribution is 2.46. The van der Waals surface area contributed by atoms with Gasteiger partial charge in [-0.1, -0.05) is 18.2 Å². The van der Waals surface area contributed by atoms with Crippen LogP contribution in [-0.4, -0.2) is 19.2 Å². The van der Waals surface area contributed by atoms with Crippen molar-refractivity contribution in [3.8, 4) is 22.6 Å². The number of carbonyl (C=O) groups excluding carboxylic acids is 1. The molecule has 7 heteroatoms. The van der Waals surface area contributed by atoms with Crippen molar-refractivity contribution >= 4 is 16.7 Å². The fraction of sp³-hybridized carbons (Fsp3) is 0.190. The van der Waals surface area contributed by atoms with Gasteiger partial charge >= 0.3 is 6.18 Å². The highest BCUT2D eigenvalue weighted by Gasteiger charge is 2.31. The Bertz CT molecular complexity index is 1120. The second-order valence-electron chi connectivity index (χ2n) is 6.76. The third-order valence-corrected chi connectivity index (χ3v) is 5.15. The molecule has 2 heterocycles. The quantitative estimate of drug-likeness (QED) is 0.669.